The van der Waals surface area contributed by atoms with Gasteiger partial charge in [0.1, 0.15) is 0 Å². The Labute approximate surface area is 174 Å². The molecule has 1 fully saturated rings. The number of carbonyl (C=O) groups is 1. The molecule has 1 aliphatic carbocycles. The van der Waals surface area contributed by atoms with Crippen LogP contribution in [-0.4, -0.2) is 31.7 Å². The molecule has 2 aromatic carbocycles. The van der Waals surface area contributed by atoms with Gasteiger partial charge in [-0.05, 0) is 68.4 Å². The summed E-state index contributed by atoms with van der Waals surface area (Å²) in [5.41, 5.74) is 3.23. The molecule has 2 unspecified atom stereocenters. The molecule has 0 aromatic heterocycles. The normalized spacial score (nSPS) is 15.3. The van der Waals surface area contributed by atoms with E-state index in [0.717, 1.165) is 23.2 Å². The first kappa shape index (κ1) is 21.0. The van der Waals surface area contributed by atoms with Crippen molar-refractivity contribution in [3.8, 4) is 11.5 Å². The predicted octanol–water partition coefficient (Wildman–Crippen LogP) is 5.26. The lowest BCUT2D eigenvalue weighted by atomic mass is 10.0. The Morgan fingerprint density at radius 1 is 1.10 bits per heavy atom. The molecule has 0 radical (unpaired) electrons. The summed E-state index contributed by atoms with van der Waals surface area (Å²) >= 11 is 0. The van der Waals surface area contributed by atoms with E-state index in [9.17, 15) is 4.79 Å². The van der Waals surface area contributed by atoms with E-state index >= 15 is 0 Å². The zero-order valence-electron chi connectivity index (χ0n) is 18.1. The minimum atomic E-state index is -0.146. The molecule has 5 heteroatoms. The van der Waals surface area contributed by atoms with E-state index < -0.39 is 0 Å². The van der Waals surface area contributed by atoms with Crippen LogP contribution < -0.4 is 14.8 Å². The monoisotopic (exact) mass is 396 g/mol. The molecule has 156 valence electrons. The summed E-state index contributed by atoms with van der Waals surface area (Å²) in [5.74, 6) is 1.98. The van der Waals surface area contributed by atoms with E-state index in [0.29, 0.717) is 17.4 Å². The van der Waals surface area contributed by atoms with Crippen molar-refractivity contribution in [2.24, 2.45) is 5.92 Å². The molecule has 1 saturated carbocycles. The maximum atomic E-state index is 13.3. The molecule has 0 heterocycles. The van der Waals surface area contributed by atoms with Gasteiger partial charge in [-0.15, -0.1) is 0 Å². The number of nitrogens with one attached hydrogen (secondary N) is 1. The fourth-order valence-electron chi connectivity index (χ4n) is 3.72. The molecule has 0 saturated heterocycles. The smallest absolute Gasteiger partial charge is 0.318 e. The molecule has 0 spiro atoms. The van der Waals surface area contributed by atoms with Gasteiger partial charge in [0.2, 0.25) is 0 Å². The number of methoxy groups -OCH3 is 2. The summed E-state index contributed by atoms with van der Waals surface area (Å²) in [7, 11) is 3.25. The lowest BCUT2D eigenvalue weighted by molar-refractivity contribution is 0.172. The second-order valence-electron chi connectivity index (χ2n) is 7.92. The van der Waals surface area contributed by atoms with E-state index in [1.54, 1.807) is 14.2 Å². The van der Waals surface area contributed by atoms with Gasteiger partial charge in [0.25, 0.3) is 0 Å². The molecular weight excluding hydrogens is 364 g/mol. The van der Waals surface area contributed by atoms with Crippen LogP contribution >= 0.6 is 0 Å². The number of aryl methyl sites for hydroxylation is 1. The summed E-state index contributed by atoms with van der Waals surface area (Å²) in [6.45, 7) is 6.92. The highest BCUT2D eigenvalue weighted by Gasteiger charge is 2.31. The quantitative estimate of drug-likeness (QED) is 0.662. The van der Waals surface area contributed by atoms with Gasteiger partial charge in [0, 0.05) is 6.54 Å². The van der Waals surface area contributed by atoms with Crippen LogP contribution in [0.1, 0.15) is 55.5 Å². The van der Waals surface area contributed by atoms with Crippen LogP contribution in [0, 0.1) is 12.8 Å². The number of benzene rings is 2. The minimum Gasteiger partial charge on any atom is -0.493 e. The number of rotatable bonds is 8. The fourth-order valence-corrected chi connectivity index (χ4v) is 3.72. The lowest BCUT2D eigenvalue weighted by Gasteiger charge is -2.31. The number of ether oxygens (including phenoxy) is 2. The Morgan fingerprint density at radius 2 is 1.72 bits per heavy atom. The maximum absolute atomic E-state index is 13.3. The fraction of sp³-hybridized carbons (Fsp3) is 0.458. The van der Waals surface area contributed by atoms with Crippen molar-refractivity contribution in [3.63, 3.8) is 0 Å². The first-order chi connectivity index (χ1) is 13.9. The Kier molecular flexibility index (Phi) is 6.68. The summed E-state index contributed by atoms with van der Waals surface area (Å²) in [6, 6.07) is 14.0. The van der Waals surface area contributed by atoms with Gasteiger partial charge < -0.3 is 19.7 Å². The molecule has 3 rings (SSSR count). The van der Waals surface area contributed by atoms with Crippen molar-refractivity contribution in [3.05, 3.63) is 59.2 Å². The molecule has 0 bridgehead atoms. The van der Waals surface area contributed by atoms with E-state index in [-0.39, 0.29) is 18.1 Å². The van der Waals surface area contributed by atoms with Crippen LogP contribution in [0.25, 0.3) is 0 Å². The molecule has 0 aliphatic heterocycles. The molecule has 2 atom stereocenters. The van der Waals surface area contributed by atoms with Crippen LogP contribution in [0.2, 0.25) is 0 Å². The van der Waals surface area contributed by atoms with Crippen molar-refractivity contribution in [1.29, 1.82) is 0 Å². The topological polar surface area (TPSA) is 50.8 Å². The van der Waals surface area contributed by atoms with Crippen LogP contribution in [0.5, 0.6) is 11.5 Å². The number of hydrogen-bond donors (Lipinski definition) is 1. The Morgan fingerprint density at radius 3 is 2.31 bits per heavy atom. The van der Waals surface area contributed by atoms with Gasteiger partial charge in [-0.25, -0.2) is 4.79 Å². The zero-order chi connectivity index (χ0) is 21.0. The highest BCUT2D eigenvalue weighted by atomic mass is 16.5. The number of urea groups is 1. The average molecular weight is 397 g/mol. The van der Waals surface area contributed by atoms with Gasteiger partial charge in [0.15, 0.2) is 11.5 Å². The van der Waals surface area contributed by atoms with E-state index in [1.165, 1.54) is 12.8 Å². The summed E-state index contributed by atoms with van der Waals surface area (Å²) in [5, 5.41) is 3.20. The van der Waals surface area contributed by atoms with Gasteiger partial charge >= 0.3 is 6.03 Å². The third kappa shape index (κ3) is 5.03. The Hall–Kier alpha value is -2.69. The SMILES string of the molecule is COc1cc(C)c(C(C)NC(=O)N(CC2CC2)C(C)c2ccccc2)cc1OC. The Bertz CT molecular complexity index is 834. The third-order valence-corrected chi connectivity index (χ3v) is 5.74. The second-order valence-corrected chi connectivity index (χ2v) is 7.92. The molecule has 5 nitrogen and oxygen atoms in total. The van der Waals surface area contributed by atoms with Gasteiger partial charge in [-0.2, -0.15) is 0 Å². The van der Waals surface area contributed by atoms with Crippen molar-refractivity contribution in [1.82, 2.24) is 10.2 Å². The molecule has 29 heavy (non-hydrogen) atoms. The summed E-state index contributed by atoms with van der Waals surface area (Å²) < 4.78 is 10.8. The lowest BCUT2D eigenvalue weighted by Crippen LogP contribution is -2.43. The first-order valence-electron chi connectivity index (χ1n) is 10.3. The standard InChI is InChI=1S/C24H32N2O3/c1-16-13-22(28-4)23(29-5)14-21(16)17(2)25-24(27)26(15-19-11-12-19)18(3)20-9-7-6-8-10-20/h6-10,13-14,17-19H,11-12,15H2,1-5H3,(H,25,27). The maximum Gasteiger partial charge on any atom is 0.318 e. The molecule has 1 N–H and O–H groups in total. The van der Waals surface area contributed by atoms with Gasteiger partial charge in [0.05, 0.1) is 26.3 Å². The second kappa shape index (κ2) is 9.21. The molecule has 2 aromatic rings. The van der Waals surface area contributed by atoms with Crippen LogP contribution in [0.3, 0.4) is 0 Å². The molecular formula is C24H32N2O3. The first-order valence-corrected chi connectivity index (χ1v) is 10.3. The van der Waals surface area contributed by atoms with Crippen LogP contribution in [0.4, 0.5) is 4.79 Å². The van der Waals surface area contributed by atoms with Crippen molar-refractivity contribution >= 4 is 6.03 Å². The van der Waals surface area contributed by atoms with Crippen molar-refractivity contribution < 1.29 is 14.3 Å². The van der Waals surface area contributed by atoms with E-state index in [1.807, 2.05) is 49.1 Å². The van der Waals surface area contributed by atoms with Crippen LogP contribution in [-0.2, 0) is 0 Å². The third-order valence-electron chi connectivity index (χ3n) is 5.74. The van der Waals surface area contributed by atoms with Gasteiger partial charge in [-0.1, -0.05) is 30.3 Å². The summed E-state index contributed by atoms with van der Waals surface area (Å²) in [6.07, 6.45) is 2.41. The van der Waals surface area contributed by atoms with Crippen molar-refractivity contribution in [2.45, 2.75) is 45.7 Å². The van der Waals surface area contributed by atoms with Crippen LogP contribution in [0.15, 0.2) is 42.5 Å². The minimum absolute atomic E-state index is 0.0236. The molecule has 2 amide bonds. The predicted molar refractivity (Wildman–Crippen MR) is 116 cm³/mol. The van der Waals surface area contributed by atoms with E-state index in [4.69, 9.17) is 9.47 Å². The highest BCUT2D eigenvalue weighted by molar-refractivity contribution is 5.75. The van der Waals surface area contributed by atoms with E-state index in [2.05, 4.69) is 24.4 Å². The number of hydrogen-bond acceptors (Lipinski definition) is 3. The zero-order valence-corrected chi connectivity index (χ0v) is 18.1. The number of nitrogens with zero attached hydrogens (tertiary/aromatic N) is 1. The Balaban J connectivity index is 1.78. The molecule has 1 aliphatic rings. The number of amides is 2. The highest BCUT2D eigenvalue weighted by Crippen LogP contribution is 2.35. The average Bonchev–Trinajstić information content (AvgIpc) is 3.55. The van der Waals surface area contributed by atoms with Gasteiger partial charge in [-0.3, -0.25) is 0 Å². The number of carbonyl (C=O) groups excluding carboxylic acids is 1. The largest absolute Gasteiger partial charge is 0.493 e. The summed E-state index contributed by atoms with van der Waals surface area (Å²) in [4.78, 5) is 15.2. The van der Waals surface area contributed by atoms with Crippen molar-refractivity contribution in [2.75, 3.05) is 20.8 Å².